The average molecular weight is 311 g/mol. The van der Waals surface area contributed by atoms with Crippen LogP contribution in [-0.4, -0.2) is 45.8 Å². The molecule has 2 atom stereocenters. The van der Waals surface area contributed by atoms with Crippen molar-refractivity contribution in [3.63, 3.8) is 0 Å². The molecule has 0 unspecified atom stereocenters. The first kappa shape index (κ1) is 14.5. The Morgan fingerprint density at radius 3 is 2.96 bits per heavy atom. The minimum Gasteiger partial charge on any atom is -0.396 e. The third kappa shape index (κ3) is 2.27. The van der Waals surface area contributed by atoms with Crippen molar-refractivity contribution in [1.29, 1.82) is 0 Å². The molecular formula is C18H21N3O2. The summed E-state index contributed by atoms with van der Waals surface area (Å²) in [5.74, 6) is 0.448. The van der Waals surface area contributed by atoms with Crippen LogP contribution < -0.4 is 0 Å². The van der Waals surface area contributed by atoms with Gasteiger partial charge in [-0.2, -0.15) is 5.10 Å². The Morgan fingerprint density at radius 2 is 2.22 bits per heavy atom. The summed E-state index contributed by atoms with van der Waals surface area (Å²) < 4.78 is 0. The van der Waals surface area contributed by atoms with Crippen LogP contribution in [0.5, 0.6) is 0 Å². The minimum atomic E-state index is -0.0771. The monoisotopic (exact) mass is 311 g/mol. The molecule has 1 aliphatic heterocycles. The lowest BCUT2D eigenvalue weighted by atomic mass is 9.82. The Balaban J connectivity index is 1.61. The van der Waals surface area contributed by atoms with Crippen LogP contribution in [-0.2, 0) is 0 Å². The van der Waals surface area contributed by atoms with Crippen LogP contribution in [0.2, 0.25) is 0 Å². The molecule has 1 aromatic carbocycles. The fourth-order valence-corrected chi connectivity index (χ4v) is 4.27. The molecule has 0 spiro atoms. The topological polar surface area (TPSA) is 69.2 Å². The molecular weight excluding hydrogens is 290 g/mol. The number of aromatic amines is 1. The van der Waals surface area contributed by atoms with Gasteiger partial charge in [0.15, 0.2) is 0 Å². The summed E-state index contributed by atoms with van der Waals surface area (Å²) in [6, 6.07) is 9.79. The van der Waals surface area contributed by atoms with Crippen LogP contribution in [0.3, 0.4) is 0 Å². The number of rotatable bonds is 3. The number of nitrogens with one attached hydrogen (secondary N) is 1. The highest BCUT2D eigenvalue weighted by atomic mass is 16.3. The number of carbonyl (C=O) groups excluding carboxylic acids is 1. The normalized spacial score (nSPS) is 26.5. The van der Waals surface area contributed by atoms with Gasteiger partial charge in [-0.15, -0.1) is 0 Å². The number of amides is 1. The SMILES string of the molecule is O=C(c1cn[nH]c1-c1ccccc1)N1C[C@H]2CCC[C@@]2(CO)C1. The number of carbonyl (C=O) groups is 1. The number of benzene rings is 1. The summed E-state index contributed by atoms with van der Waals surface area (Å²) in [5, 5.41) is 16.9. The Morgan fingerprint density at radius 1 is 1.39 bits per heavy atom. The van der Waals surface area contributed by atoms with E-state index in [2.05, 4.69) is 10.2 Å². The van der Waals surface area contributed by atoms with E-state index in [4.69, 9.17) is 0 Å². The molecule has 4 rings (SSSR count). The van der Waals surface area contributed by atoms with Gasteiger partial charge in [0.05, 0.1) is 24.1 Å². The molecule has 2 fully saturated rings. The Labute approximate surface area is 135 Å². The molecule has 2 aliphatic rings. The molecule has 2 aromatic rings. The van der Waals surface area contributed by atoms with E-state index in [0.29, 0.717) is 18.0 Å². The number of hydrogen-bond donors (Lipinski definition) is 2. The van der Waals surface area contributed by atoms with E-state index in [1.54, 1.807) is 6.20 Å². The fraction of sp³-hybridized carbons (Fsp3) is 0.444. The third-order valence-corrected chi connectivity index (χ3v) is 5.57. The van der Waals surface area contributed by atoms with Gasteiger partial charge in [-0.1, -0.05) is 36.8 Å². The van der Waals surface area contributed by atoms with E-state index in [1.807, 2.05) is 35.2 Å². The summed E-state index contributed by atoms with van der Waals surface area (Å²) in [7, 11) is 0. The van der Waals surface area contributed by atoms with Gasteiger partial charge in [0.1, 0.15) is 0 Å². The number of fused-ring (bicyclic) bond motifs is 1. The third-order valence-electron chi connectivity index (χ3n) is 5.57. The summed E-state index contributed by atoms with van der Waals surface area (Å²) >= 11 is 0. The maximum Gasteiger partial charge on any atom is 0.257 e. The molecule has 5 heteroatoms. The van der Waals surface area contributed by atoms with Gasteiger partial charge in [0, 0.05) is 24.1 Å². The molecule has 1 aliphatic carbocycles. The minimum absolute atomic E-state index is 0.0137. The maximum atomic E-state index is 13.0. The number of hydrogen-bond acceptors (Lipinski definition) is 3. The molecule has 23 heavy (non-hydrogen) atoms. The first-order valence-corrected chi connectivity index (χ1v) is 8.22. The van der Waals surface area contributed by atoms with Crippen molar-refractivity contribution in [2.24, 2.45) is 11.3 Å². The second-order valence-corrected chi connectivity index (χ2v) is 6.82. The zero-order valence-corrected chi connectivity index (χ0v) is 13.0. The lowest BCUT2D eigenvalue weighted by molar-refractivity contribution is 0.0735. The van der Waals surface area contributed by atoms with Crippen molar-refractivity contribution in [3.05, 3.63) is 42.1 Å². The van der Waals surface area contributed by atoms with Crippen LogP contribution in [0.1, 0.15) is 29.6 Å². The quantitative estimate of drug-likeness (QED) is 0.914. The molecule has 1 saturated heterocycles. The zero-order chi connectivity index (χ0) is 15.9. The van der Waals surface area contributed by atoms with E-state index < -0.39 is 0 Å². The van der Waals surface area contributed by atoms with E-state index in [0.717, 1.165) is 37.1 Å². The van der Waals surface area contributed by atoms with E-state index >= 15 is 0 Å². The highest BCUT2D eigenvalue weighted by molar-refractivity contribution is 6.00. The Hall–Kier alpha value is -2.14. The second-order valence-electron chi connectivity index (χ2n) is 6.82. The van der Waals surface area contributed by atoms with Crippen LogP contribution in [0, 0.1) is 11.3 Å². The van der Waals surface area contributed by atoms with Crippen molar-refractivity contribution >= 4 is 5.91 Å². The molecule has 120 valence electrons. The molecule has 1 amide bonds. The van der Waals surface area contributed by atoms with Crippen molar-refractivity contribution < 1.29 is 9.90 Å². The molecule has 5 nitrogen and oxygen atoms in total. The molecule has 1 saturated carbocycles. The number of aliphatic hydroxyl groups excluding tert-OH is 1. The Kier molecular flexibility index (Phi) is 3.45. The highest BCUT2D eigenvalue weighted by Crippen LogP contribution is 2.48. The number of aliphatic hydroxyl groups is 1. The second kappa shape index (κ2) is 5.49. The van der Waals surface area contributed by atoms with Crippen LogP contribution in [0.25, 0.3) is 11.3 Å². The van der Waals surface area contributed by atoms with E-state index in [-0.39, 0.29) is 17.9 Å². The highest BCUT2D eigenvalue weighted by Gasteiger charge is 2.50. The lowest BCUT2D eigenvalue weighted by Gasteiger charge is -2.25. The van der Waals surface area contributed by atoms with Gasteiger partial charge in [-0.05, 0) is 18.8 Å². The van der Waals surface area contributed by atoms with Crippen molar-refractivity contribution in [3.8, 4) is 11.3 Å². The van der Waals surface area contributed by atoms with Gasteiger partial charge in [0.25, 0.3) is 5.91 Å². The first-order chi connectivity index (χ1) is 11.2. The van der Waals surface area contributed by atoms with Gasteiger partial charge in [-0.25, -0.2) is 0 Å². The average Bonchev–Trinajstić information content (AvgIpc) is 3.28. The van der Waals surface area contributed by atoms with Crippen LogP contribution >= 0.6 is 0 Å². The van der Waals surface area contributed by atoms with Gasteiger partial charge >= 0.3 is 0 Å². The number of aromatic nitrogens is 2. The van der Waals surface area contributed by atoms with Crippen LogP contribution in [0.15, 0.2) is 36.5 Å². The smallest absolute Gasteiger partial charge is 0.257 e. The zero-order valence-electron chi connectivity index (χ0n) is 13.0. The summed E-state index contributed by atoms with van der Waals surface area (Å²) in [5.41, 5.74) is 2.27. The predicted octanol–water partition coefficient (Wildman–Crippen LogP) is 2.31. The Bertz CT molecular complexity index is 712. The largest absolute Gasteiger partial charge is 0.396 e. The van der Waals surface area contributed by atoms with Crippen molar-refractivity contribution in [2.75, 3.05) is 19.7 Å². The van der Waals surface area contributed by atoms with Gasteiger partial charge in [0.2, 0.25) is 0 Å². The van der Waals surface area contributed by atoms with Gasteiger partial charge in [-0.3, -0.25) is 9.89 Å². The van der Waals surface area contributed by atoms with Crippen LogP contribution in [0.4, 0.5) is 0 Å². The lowest BCUT2D eigenvalue weighted by Crippen LogP contribution is -2.34. The standard InChI is InChI=1S/C18H21N3O2/c22-12-18-8-4-7-14(18)10-21(11-18)17(23)15-9-19-20-16(15)13-5-2-1-3-6-13/h1-3,5-6,9,14,22H,4,7-8,10-12H2,(H,19,20)/t14-,18+/m1/s1. The molecule has 2 heterocycles. The predicted molar refractivity (Wildman–Crippen MR) is 86.8 cm³/mol. The first-order valence-electron chi connectivity index (χ1n) is 8.22. The molecule has 0 radical (unpaired) electrons. The van der Waals surface area contributed by atoms with Crippen molar-refractivity contribution in [1.82, 2.24) is 15.1 Å². The number of H-pyrrole nitrogens is 1. The fourth-order valence-electron chi connectivity index (χ4n) is 4.27. The summed E-state index contributed by atoms with van der Waals surface area (Å²) in [4.78, 5) is 14.9. The molecule has 0 bridgehead atoms. The van der Waals surface area contributed by atoms with Crippen molar-refractivity contribution in [2.45, 2.75) is 19.3 Å². The molecule has 2 N–H and O–H groups in total. The summed E-state index contributed by atoms with van der Waals surface area (Å²) in [6.45, 7) is 1.59. The number of nitrogens with zero attached hydrogens (tertiary/aromatic N) is 2. The van der Waals surface area contributed by atoms with E-state index in [1.165, 1.54) is 0 Å². The van der Waals surface area contributed by atoms with E-state index in [9.17, 15) is 9.90 Å². The summed E-state index contributed by atoms with van der Waals surface area (Å²) in [6.07, 6.45) is 4.91. The van der Waals surface area contributed by atoms with Gasteiger partial charge < -0.3 is 10.0 Å². The molecule has 1 aromatic heterocycles. The maximum absolute atomic E-state index is 13.0. The number of likely N-dealkylation sites (tertiary alicyclic amines) is 1.